The number of sulfonamides is 1. The molecule has 1 aromatic heterocycles. The number of para-hydroxylation sites is 2. The SMILES string of the molecule is N#Cc1ccc(Cn2c(NS(=O)(=O)c3ccccc3)nc3ccccc32)cc1. The summed E-state index contributed by atoms with van der Waals surface area (Å²) in [6.45, 7) is 0.416. The largest absolute Gasteiger partial charge is 0.305 e. The highest BCUT2D eigenvalue weighted by Gasteiger charge is 2.19. The van der Waals surface area contributed by atoms with E-state index in [-0.39, 0.29) is 10.8 Å². The van der Waals surface area contributed by atoms with Gasteiger partial charge in [0.1, 0.15) is 0 Å². The molecule has 4 aromatic rings. The molecule has 0 amide bonds. The van der Waals surface area contributed by atoms with Crippen molar-refractivity contribution in [2.75, 3.05) is 4.72 Å². The average Bonchev–Trinajstić information content (AvgIpc) is 3.06. The molecule has 28 heavy (non-hydrogen) atoms. The van der Waals surface area contributed by atoms with Crippen molar-refractivity contribution in [3.63, 3.8) is 0 Å². The van der Waals surface area contributed by atoms with E-state index in [9.17, 15) is 8.42 Å². The highest BCUT2D eigenvalue weighted by Crippen LogP contribution is 2.23. The molecule has 0 spiro atoms. The van der Waals surface area contributed by atoms with Gasteiger partial charge in [-0.15, -0.1) is 0 Å². The van der Waals surface area contributed by atoms with Crippen molar-refractivity contribution >= 4 is 27.0 Å². The maximum Gasteiger partial charge on any atom is 0.264 e. The van der Waals surface area contributed by atoms with Crippen LogP contribution in [-0.2, 0) is 16.6 Å². The Labute approximate surface area is 162 Å². The van der Waals surface area contributed by atoms with E-state index in [1.165, 1.54) is 12.1 Å². The summed E-state index contributed by atoms with van der Waals surface area (Å²) in [6, 6.07) is 24.9. The molecule has 0 aliphatic carbocycles. The van der Waals surface area contributed by atoms with E-state index in [1.54, 1.807) is 30.3 Å². The lowest BCUT2D eigenvalue weighted by molar-refractivity contribution is 0.600. The number of nitrogens with one attached hydrogen (secondary N) is 1. The second kappa shape index (κ2) is 7.18. The second-order valence-electron chi connectivity index (χ2n) is 6.24. The number of benzene rings is 3. The zero-order chi connectivity index (χ0) is 19.6. The first-order chi connectivity index (χ1) is 13.6. The number of aromatic nitrogens is 2. The Kier molecular flexibility index (Phi) is 4.55. The molecule has 0 aliphatic rings. The molecule has 138 valence electrons. The first kappa shape index (κ1) is 17.8. The fraction of sp³-hybridized carbons (Fsp3) is 0.0476. The Morgan fingerprint density at radius 3 is 2.32 bits per heavy atom. The minimum Gasteiger partial charge on any atom is -0.305 e. The van der Waals surface area contributed by atoms with Crippen LogP contribution in [0.4, 0.5) is 5.95 Å². The molecule has 0 fully saturated rings. The molecule has 0 aliphatic heterocycles. The van der Waals surface area contributed by atoms with Gasteiger partial charge in [0.25, 0.3) is 10.0 Å². The molecule has 0 radical (unpaired) electrons. The summed E-state index contributed by atoms with van der Waals surface area (Å²) in [5, 5.41) is 8.96. The lowest BCUT2D eigenvalue weighted by atomic mass is 10.1. The summed E-state index contributed by atoms with van der Waals surface area (Å²) in [5.74, 6) is 0.245. The molecule has 1 heterocycles. The smallest absolute Gasteiger partial charge is 0.264 e. The standard InChI is InChI=1S/C21H16N4O2S/c22-14-16-10-12-17(13-11-16)15-25-20-9-5-4-8-19(20)23-21(25)24-28(26,27)18-6-2-1-3-7-18/h1-13H,15H2,(H,23,24). The molecule has 0 saturated heterocycles. The van der Waals surface area contributed by atoms with Crippen LogP contribution < -0.4 is 4.72 Å². The topological polar surface area (TPSA) is 87.8 Å². The second-order valence-corrected chi connectivity index (χ2v) is 7.92. The van der Waals surface area contributed by atoms with Crippen LogP contribution in [-0.4, -0.2) is 18.0 Å². The van der Waals surface area contributed by atoms with Gasteiger partial charge in [-0.05, 0) is 42.0 Å². The van der Waals surface area contributed by atoms with Crippen LogP contribution in [0.25, 0.3) is 11.0 Å². The molecule has 6 nitrogen and oxygen atoms in total. The number of hydrogen-bond donors (Lipinski definition) is 1. The Morgan fingerprint density at radius 1 is 0.929 bits per heavy atom. The molecule has 0 saturated carbocycles. The number of hydrogen-bond acceptors (Lipinski definition) is 4. The van der Waals surface area contributed by atoms with Crippen molar-refractivity contribution in [2.24, 2.45) is 0 Å². The van der Waals surface area contributed by atoms with E-state index < -0.39 is 10.0 Å². The molecular formula is C21H16N4O2S. The molecular weight excluding hydrogens is 372 g/mol. The van der Waals surface area contributed by atoms with Gasteiger partial charge in [0.05, 0.1) is 34.1 Å². The maximum atomic E-state index is 12.8. The third kappa shape index (κ3) is 3.46. The fourth-order valence-corrected chi connectivity index (χ4v) is 3.99. The quantitative estimate of drug-likeness (QED) is 0.564. The summed E-state index contributed by atoms with van der Waals surface area (Å²) < 4.78 is 30.0. The van der Waals surface area contributed by atoms with E-state index in [1.807, 2.05) is 41.0 Å². The summed E-state index contributed by atoms with van der Waals surface area (Å²) in [6.07, 6.45) is 0. The van der Waals surface area contributed by atoms with Crippen molar-refractivity contribution in [1.29, 1.82) is 5.26 Å². The van der Waals surface area contributed by atoms with E-state index in [4.69, 9.17) is 5.26 Å². The van der Waals surface area contributed by atoms with Crippen molar-refractivity contribution < 1.29 is 8.42 Å². The number of nitriles is 1. The number of rotatable bonds is 5. The van der Waals surface area contributed by atoms with Crippen LogP contribution in [0.2, 0.25) is 0 Å². The molecule has 1 N–H and O–H groups in total. The molecule has 7 heteroatoms. The lowest BCUT2D eigenvalue weighted by Crippen LogP contribution is -2.17. The summed E-state index contributed by atoms with van der Waals surface area (Å²) in [5.41, 5.74) is 3.02. The van der Waals surface area contributed by atoms with Gasteiger partial charge in [-0.25, -0.2) is 18.1 Å². The Morgan fingerprint density at radius 2 is 1.61 bits per heavy atom. The van der Waals surface area contributed by atoms with Crippen molar-refractivity contribution in [3.8, 4) is 6.07 Å². The summed E-state index contributed by atoms with van der Waals surface area (Å²) >= 11 is 0. The van der Waals surface area contributed by atoms with E-state index in [0.717, 1.165) is 11.1 Å². The van der Waals surface area contributed by atoms with Gasteiger partial charge in [-0.2, -0.15) is 5.26 Å². The van der Waals surface area contributed by atoms with Crippen LogP contribution in [0.3, 0.4) is 0 Å². The van der Waals surface area contributed by atoms with Crippen molar-refractivity contribution in [2.45, 2.75) is 11.4 Å². The normalized spacial score (nSPS) is 11.2. The third-order valence-corrected chi connectivity index (χ3v) is 5.70. The minimum atomic E-state index is -3.76. The summed E-state index contributed by atoms with van der Waals surface area (Å²) in [4.78, 5) is 4.65. The molecule has 0 atom stereocenters. The molecule has 4 rings (SSSR count). The van der Waals surface area contributed by atoms with E-state index in [2.05, 4.69) is 15.8 Å². The Hall–Kier alpha value is -3.63. The Balaban J connectivity index is 1.76. The van der Waals surface area contributed by atoms with Gasteiger partial charge < -0.3 is 4.57 Å². The van der Waals surface area contributed by atoms with Crippen LogP contribution in [0.15, 0.2) is 83.8 Å². The van der Waals surface area contributed by atoms with Gasteiger partial charge in [0.15, 0.2) is 0 Å². The third-order valence-electron chi connectivity index (χ3n) is 4.36. The van der Waals surface area contributed by atoms with Gasteiger partial charge in [0, 0.05) is 0 Å². The number of nitrogens with zero attached hydrogens (tertiary/aromatic N) is 3. The monoisotopic (exact) mass is 388 g/mol. The van der Waals surface area contributed by atoms with Crippen molar-refractivity contribution in [3.05, 3.63) is 90.0 Å². The van der Waals surface area contributed by atoms with E-state index in [0.29, 0.717) is 17.6 Å². The zero-order valence-electron chi connectivity index (χ0n) is 14.8. The Bertz CT molecular complexity index is 1270. The first-order valence-corrected chi connectivity index (χ1v) is 10.1. The highest BCUT2D eigenvalue weighted by atomic mass is 32.2. The summed E-state index contributed by atoms with van der Waals surface area (Å²) in [7, 11) is -3.76. The van der Waals surface area contributed by atoms with Gasteiger partial charge >= 0.3 is 0 Å². The first-order valence-electron chi connectivity index (χ1n) is 8.59. The van der Waals surface area contributed by atoms with Gasteiger partial charge in [0.2, 0.25) is 5.95 Å². The highest BCUT2D eigenvalue weighted by molar-refractivity contribution is 7.92. The predicted octanol–water partition coefficient (Wildman–Crippen LogP) is 3.76. The average molecular weight is 388 g/mol. The zero-order valence-corrected chi connectivity index (χ0v) is 15.6. The molecule has 0 bridgehead atoms. The minimum absolute atomic E-state index is 0.173. The fourth-order valence-electron chi connectivity index (χ4n) is 2.96. The lowest BCUT2D eigenvalue weighted by Gasteiger charge is -2.12. The predicted molar refractivity (Wildman–Crippen MR) is 107 cm³/mol. The van der Waals surface area contributed by atoms with Crippen molar-refractivity contribution in [1.82, 2.24) is 9.55 Å². The molecule has 0 unspecified atom stereocenters. The van der Waals surface area contributed by atoms with Crippen LogP contribution in [0.5, 0.6) is 0 Å². The number of anilines is 1. The van der Waals surface area contributed by atoms with Gasteiger partial charge in [-0.3, -0.25) is 0 Å². The number of imidazole rings is 1. The van der Waals surface area contributed by atoms with E-state index >= 15 is 0 Å². The number of fused-ring (bicyclic) bond motifs is 1. The van der Waals surface area contributed by atoms with Crippen LogP contribution in [0.1, 0.15) is 11.1 Å². The van der Waals surface area contributed by atoms with Crippen LogP contribution in [0, 0.1) is 11.3 Å². The maximum absolute atomic E-state index is 12.8. The van der Waals surface area contributed by atoms with Crippen LogP contribution >= 0.6 is 0 Å². The van der Waals surface area contributed by atoms with Gasteiger partial charge in [-0.1, -0.05) is 42.5 Å². The molecule has 3 aromatic carbocycles.